The average Bonchev–Trinajstić information content (AvgIpc) is 2.45. The molecule has 1 aromatic heterocycles. The lowest BCUT2D eigenvalue weighted by atomic mass is 10.2. The molecule has 0 saturated heterocycles. The fourth-order valence-electron chi connectivity index (χ4n) is 1.80. The fourth-order valence-corrected chi connectivity index (χ4v) is 2.55. The van der Waals surface area contributed by atoms with Crippen LogP contribution in [0.5, 0.6) is 0 Å². The van der Waals surface area contributed by atoms with Crippen LogP contribution in [0.15, 0.2) is 35.5 Å². The largest absolute Gasteiger partial charge is 0.366 e. The topological polar surface area (TPSA) is 98.0 Å². The maximum atomic E-state index is 11.9. The zero-order valence-electron chi connectivity index (χ0n) is 12.3. The van der Waals surface area contributed by atoms with Crippen molar-refractivity contribution in [2.75, 3.05) is 11.1 Å². The van der Waals surface area contributed by atoms with Crippen molar-refractivity contribution in [1.29, 1.82) is 0 Å². The molecule has 0 unspecified atom stereocenters. The smallest absolute Gasteiger partial charge is 0.248 e. The summed E-state index contributed by atoms with van der Waals surface area (Å²) in [5, 5.41) is 3.32. The summed E-state index contributed by atoms with van der Waals surface area (Å²) in [6, 6.07) is 8.28. The van der Waals surface area contributed by atoms with Gasteiger partial charge in [0.05, 0.1) is 5.75 Å². The van der Waals surface area contributed by atoms with E-state index in [1.54, 1.807) is 24.3 Å². The summed E-state index contributed by atoms with van der Waals surface area (Å²) in [5.74, 6) is -0.458. The molecular formula is C15H16N4O2S. The zero-order chi connectivity index (χ0) is 16.1. The Bertz CT molecular complexity index is 681. The second kappa shape index (κ2) is 7.04. The quantitative estimate of drug-likeness (QED) is 0.649. The minimum atomic E-state index is -0.500. The first kappa shape index (κ1) is 16.0. The number of carbonyl (C=O) groups excluding carboxylic acids is 2. The highest BCUT2D eigenvalue weighted by atomic mass is 32.2. The number of primary amides is 1. The van der Waals surface area contributed by atoms with Gasteiger partial charge in [0.2, 0.25) is 11.8 Å². The van der Waals surface area contributed by atoms with Crippen molar-refractivity contribution in [2.45, 2.75) is 19.0 Å². The SMILES string of the molecule is Cc1cc(C)nc(SCC(=O)Nc2ccc(C(N)=O)cc2)n1. The molecule has 7 heteroatoms. The van der Waals surface area contributed by atoms with E-state index in [-0.39, 0.29) is 11.7 Å². The number of aromatic nitrogens is 2. The Morgan fingerprint density at radius 2 is 1.73 bits per heavy atom. The number of nitrogens with zero attached hydrogens (tertiary/aromatic N) is 2. The van der Waals surface area contributed by atoms with Crippen LogP contribution in [0, 0.1) is 13.8 Å². The predicted molar refractivity (Wildman–Crippen MR) is 85.8 cm³/mol. The highest BCUT2D eigenvalue weighted by Gasteiger charge is 2.07. The Morgan fingerprint density at radius 3 is 2.27 bits per heavy atom. The Labute approximate surface area is 132 Å². The van der Waals surface area contributed by atoms with Crippen molar-refractivity contribution in [3.63, 3.8) is 0 Å². The molecule has 0 aliphatic carbocycles. The van der Waals surface area contributed by atoms with Crippen LogP contribution in [0.3, 0.4) is 0 Å². The molecule has 1 aromatic carbocycles. The molecule has 114 valence electrons. The number of rotatable bonds is 5. The molecule has 3 N–H and O–H groups in total. The number of aryl methyl sites for hydroxylation is 2. The van der Waals surface area contributed by atoms with E-state index in [9.17, 15) is 9.59 Å². The van der Waals surface area contributed by atoms with Crippen molar-refractivity contribution in [2.24, 2.45) is 5.73 Å². The van der Waals surface area contributed by atoms with Crippen molar-refractivity contribution >= 4 is 29.3 Å². The van der Waals surface area contributed by atoms with E-state index in [0.717, 1.165) is 11.4 Å². The van der Waals surface area contributed by atoms with Crippen LogP contribution in [0.4, 0.5) is 5.69 Å². The number of anilines is 1. The third kappa shape index (κ3) is 4.56. The van der Waals surface area contributed by atoms with Gasteiger partial charge in [-0.3, -0.25) is 9.59 Å². The van der Waals surface area contributed by atoms with E-state index in [1.807, 2.05) is 19.9 Å². The third-order valence-electron chi connectivity index (χ3n) is 2.75. The third-order valence-corrected chi connectivity index (χ3v) is 3.59. The molecule has 2 amide bonds. The molecule has 22 heavy (non-hydrogen) atoms. The molecule has 0 bridgehead atoms. The lowest BCUT2D eigenvalue weighted by Crippen LogP contribution is -2.15. The molecule has 0 aliphatic rings. The zero-order valence-corrected chi connectivity index (χ0v) is 13.1. The van der Waals surface area contributed by atoms with Gasteiger partial charge in [-0.25, -0.2) is 9.97 Å². The number of amides is 2. The minimum absolute atomic E-state index is 0.167. The molecular weight excluding hydrogens is 300 g/mol. The summed E-state index contributed by atoms with van der Waals surface area (Å²) in [6.07, 6.45) is 0. The number of nitrogens with one attached hydrogen (secondary N) is 1. The van der Waals surface area contributed by atoms with Gasteiger partial charge in [0.1, 0.15) is 0 Å². The van der Waals surface area contributed by atoms with Crippen LogP contribution >= 0.6 is 11.8 Å². The first-order valence-corrected chi connectivity index (χ1v) is 7.57. The number of hydrogen-bond acceptors (Lipinski definition) is 5. The van der Waals surface area contributed by atoms with Gasteiger partial charge in [-0.1, -0.05) is 11.8 Å². The molecule has 2 rings (SSSR count). The number of hydrogen-bond donors (Lipinski definition) is 2. The average molecular weight is 316 g/mol. The van der Waals surface area contributed by atoms with E-state index in [1.165, 1.54) is 11.8 Å². The van der Waals surface area contributed by atoms with E-state index in [0.29, 0.717) is 16.4 Å². The maximum absolute atomic E-state index is 11.9. The van der Waals surface area contributed by atoms with Gasteiger partial charge in [-0.2, -0.15) is 0 Å². The van der Waals surface area contributed by atoms with Crippen LogP contribution in [0.2, 0.25) is 0 Å². The van der Waals surface area contributed by atoms with Crippen molar-refractivity contribution in [1.82, 2.24) is 9.97 Å². The predicted octanol–water partition coefficient (Wildman–Crippen LogP) is 1.92. The van der Waals surface area contributed by atoms with Gasteiger partial charge >= 0.3 is 0 Å². The van der Waals surface area contributed by atoms with E-state index in [2.05, 4.69) is 15.3 Å². The van der Waals surface area contributed by atoms with Crippen LogP contribution < -0.4 is 11.1 Å². The normalized spacial score (nSPS) is 10.3. The summed E-state index contributed by atoms with van der Waals surface area (Å²) in [5.41, 5.74) is 7.91. The Hall–Kier alpha value is -2.41. The van der Waals surface area contributed by atoms with Crippen LogP contribution in [0.1, 0.15) is 21.7 Å². The Morgan fingerprint density at radius 1 is 1.14 bits per heavy atom. The highest BCUT2D eigenvalue weighted by molar-refractivity contribution is 7.99. The summed E-state index contributed by atoms with van der Waals surface area (Å²) < 4.78 is 0. The number of benzene rings is 1. The van der Waals surface area contributed by atoms with E-state index in [4.69, 9.17) is 5.73 Å². The van der Waals surface area contributed by atoms with E-state index < -0.39 is 5.91 Å². The van der Waals surface area contributed by atoms with Crippen molar-refractivity contribution in [3.8, 4) is 0 Å². The molecule has 2 aromatic rings. The fraction of sp³-hybridized carbons (Fsp3) is 0.200. The van der Waals surface area contributed by atoms with Crippen LogP contribution in [0.25, 0.3) is 0 Å². The lowest BCUT2D eigenvalue weighted by Gasteiger charge is -2.06. The number of thioether (sulfide) groups is 1. The second-order valence-electron chi connectivity index (χ2n) is 4.71. The Kier molecular flexibility index (Phi) is 5.11. The first-order valence-electron chi connectivity index (χ1n) is 6.59. The molecule has 0 radical (unpaired) electrons. The standard InChI is InChI=1S/C15H16N4O2S/c1-9-7-10(2)18-15(17-9)22-8-13(20)19-12-5-3-11(4-6-12)14(16)21/h3-7H,8H2,1-2H3,(H2,16,21)(H,19,20). The highest BCUT2D eigenvalue weighted by Crippen LogP contribution is 2.15. The molecule has 0 aliphatic heterocycles. The lowest BCUT2D eigenvalue weighted by molar-refractivity contribution is -0.113. The van der Waals surface area contributed by atoms with Gasteiger partial charge in [-0.15, -0.1) is 0 Å². The number of nitrogens with two attached hydrogens (primary N) is 1. The summed E-state index contributed by atoms with van der Waals surface area (Å²) in [7, 11) is 0. The first-order chi connectivity index (χ1) is 10.4. The van der Waals surface area contributed by atoms with Crippen molar-refractivity contribution in [3.05, 3.63) is 47.3 Å². The Balaban J connectivity index is 1.91. The molecule has 0 fully saturated rings. The maximum Gasteiger partial charge on any atom is 0.248 e. The molecule has 0 saturated carbocycles. The molecule has 0 atom stereocenters. The van der Waals surface area contributed by atoms with Crippen molar-refractivity contribution < 1.29 is 9.59 Å². The summed E-state index contributed by atoms with van der Waals surface area (Å²) in [6.45, 7) is 3.78. The van der Waals surface area contributed by atoms with Gasteiger partial charge < -0.3 is 11.1 Å². The molecule has 0 spiro atoms. The van der Waals surface area contributed by atoms with Gasteiger partial charge in [0.25, 0.3) is 0 Å². The minimum Gasteiger partial charge on any atom is -0.366 e. The summed E-state index contributed by atoms with van der Waals surface area (Å²) >= 11 is 1.28. The van der Waals surface area contributed by atoms with Gasteiger partial charge in [0, 0.05) is 22.6 Å². The second-order valence-corrected chi connectivity index (χ2v) is 5.65. The molecule has 1 heterocycles. The van der Waals surface area contributed by atoms with E-state index >= 15 is 0 Å². The summed E-state index contributed by atoms with van der Waals surface area (Å²) in [4.78, 5) is 31.4. The van der Waals surface area contributed by atoms with Gasteiger partial charge in [0.15, 0.2) is 5.16 Å². The van der Waals surface area contributed by atoms with Gasteiger partial charge in [-0.05, 0) is 44.2 Å². The number of carbonyl (C=O) groups is 2. The van der Waals surface area contributed by atoms with Crippen LogP contribution in [-0.4, -0.2) is 27.5 Å². The van der Waals surface area contributed by atoms with Crippen LogP contribution in [-0.2, 0) is 4.79 Å². The monoisotopic (exact) mass is 316 g/mol. The molecule has 6 nitrogen and oxygen atoms in total.